The summed E-state index contributed by atoms with van der Waals surface area (Å²) in [7, 11) is 0. The van der Waals surface area contributed by atoms with Crippen LogP contribution in [0.1, 0.15) is 17.4 Å². The highest BCUT2D eigenvalue weighted by molar-refractivity contribution is 6.30. The van der Waals surface area contributed by atoms with Gasteiger partial charge in [-0.2, -0.15) is 0 Å². The molecule has 1 aliphatic rings. The van der Waals surface area contributed by atoms with E-state index in [1.807, 2.05) is 6.92 Å². The van der Waals surface area contributed by atoms with Crippen molar-refractivity contribution < 1.29 is 14.3 Å². The van der Waals surface area contributed by atoms with Crippen LogP contribution in [0.5, 0.6) is 0 Å². The second kappa shape index (κ2) is 6.60. The van der Waals surface area contributed by atoms with E-state index in [1.54, 1.807) is 12.1 Å². The van der Waals surface area contributed by atoms with Gasteiger partial charge < -0.3 is 14.9 Å². The minimum Gasteiger partial charge on any atom is -0.476 e. The van der Waals surface area contributed by atoms with Gasteiger partial charge in [0.15, 0.2) is 5.69 Å². The van der Waals surface area contributed by atoms with Crippen LogP contribution < -0.4 is 9.80 Å². The van der Waals surface area contributed by atoms with E-state index < -0.39 is 11.8 Å². The van der Waals surface area contributed by atoms with Gasteiger partial charge in [0.05, 0.1) is 17.4 Å². The Morgan fingerprint density at radius 3 is 2.71 bits per heavy atom. The number of hydrogen-bond donors (Lipinski definition) is 1. The Morgan fingerprint density at radius 2 is 2.12 bits per heavy atom. The molecule has 1 fully saturated rings. The second-order valence-electron chi connectivity index (χ2n) is 5.65. The number of anilines is 2. The molecule has 0 bridgehead atoms. The monoisotopic (exact) mass is 350 g/mol. The Morgan fingerprint density at radius 1 is 1.33 bits per heavy atom. The number of benzene rings is 1. The number of rotatable bonds is 3. The van der Waals surface area contributed by atoms with E-state index in [0.717, 1.165) is 5.69 Å². The molecule has 1 saturated heterocycles. The van der Waals surface area contributed by atoms with Gasteiger partial charge in [-0.15, -0.1) is 0 Å². The standard InChI is InChI=1S/C16H16ClFN4O2/c1-10-9-21(11-2-3-12(17)13(18)6-11)4-5-22(10)15-8-19-14(7-20-15)16(23)24/h2-3,6-8,10H,4-5,9H2,1H3,(H,23,24). The normalized spacial score (nSPS) is 17.9. The van der Waals surface area contributed by atoms with Crippen molar-refractivity contribution in [3.8, 4) is 0 Å². The maximum Gasteiger partial charge on any atom is 0.356 e. The quantitative estimate of drug-likeness (QED) is 0.917. The highest BCUT2D eigenvalue weighted by atomic mass is 35.5. The van der Waals surface area contributed by atoms with Gasteiger partial charge in [0.25, 0.3) is 0 Å². The smallest absolute Gasteiger partial charge is 0.356 e. The molecule has 0 amide bonds. The molecule has 1 aromatic heterocycles. The summed E-state index contributed by atoms with van der Waals surface area (Å²) >= 11 is 5.73. The highest BCUT2D eigenvalue weighted by Crippen LogP contribution is 2.25. The number of piperazine rings is 1. The first-order chi connectivity index (χ1) is 11.5. The summed E-state index contributed by atoms with van der Waals surface area (Å²) in [6, 6.07) is 4.91. The summed E-state index contributed by atoms with van der Waals surface area (Å²) in [5.74, 6) is -0.898. The Kier molecular flexibility index (Phi) is 4.53. The van der Waals surface area contributed by atoms with E-state index in [9.17, 15) is 9.18 Å². The first kappa shape index (κ1) is 16.4. The zero-order valence-corrected chi connectivity index (χ0v) is 13.7. The lowest BCUT2D eigenvalue weighted by Crippen LogP contribution is -2.52. The summed E-state index contributed by atoms with van der Waals surface area (Å²) < 4.78 is 13.6. The van der Waals surface area contributed by atoms with Crippen LogP contribution in [0.2, 0.25) is 5.02 Å². The van der Waals surface area contributed by atoms with Crippen molar-refractivity contribution in [3.05, 3.63) is 47.1 Å². The molecule has 1 atom stereocenters. The van der Waals surface area contributed by atoms with E-state index in [-0.39, 0.29) is 16.8 Å². The van der Waals surface area contributed by atoms with Crippen LogP contribution in [-0.4, -0.2) is 46.7 Å². The molecule has 1 N–H and O–H groups in total. The van der Waals surface area contributed by atoms with E-state index in [2.05, 4.69) is 19.8 Å². The lowest BCUT2D eigenvalue weighted by Gasteiger charge is -2.41. The van der Waals surface area contributed by atoms with Gasteiger partial charge in [-0.3, -0.25) is 0 Å². The Labute approximate surface area is 143 Å². The second-order valence-corrected chi connectivity index (χ2v) is 6.06. The van der Waals surface area contributed by atoms with Gasteiger partial charge in [0.1, 0.15) is 11.6 Å². The molecule has 24 heavy (non-hydrogen) atoms. The van der Waals surface area contributed by atoms with E-state index in [4.69, 9.17) is 16.7 Å². The molecule has 1 aromatic carbocycles. The lowest BCUT2D eigenvalue weighted by atomic mass is 10.1. The number of nitrogens with zero attached hydrogens (tertiary/aromatic N) is 4. The van der Waals surface area contributed by atoms with E-state index in [1.165, 1.54) is 18.5 Å². The maximum absolute atomic E-state index is 13.6. The van der Waals surface area contributed by atoms with Crippen molar-refractivity contribution in [3.63, 3.8) is 0 Å². The minimum atomic E-state index is -1.10. The maximum atomic E-state index is 13.6. The lowest BCUT2D eigenvalue weighted by molar-refractivity contribution is 0.0690. The molecule has 2 heterocycles. The third kappa shape index (κ3) is 3.26. The molecule has 3 rings (SSSR count). The first-order valence-electron chi connectivity index (χ1n) is 7.47. The molecule has 2 aromatic rings. The first-order valence-corrected chi connectivity index (χ1v) is 7.85. The third-order valence-corrected chi connectivity index (χ3v) is 4.35. The third-order valence-electron chi connectivity index (χ3n) is 4.05. The fourth-order valence-corrected chi connectivity index (χ4v) is 2.91. The summed E-state index contributed by atoms with van der Waals surface area (Å²) in [5, 5.41) is 8.99. The van der Waals surface area contributed by atoms with Gasteiger partial charge in [-0.1, -0.05) is 11.6 Å². The molecule has 0 aliphatic carbocycles. The van der Waals surface area contributed by atoms with Crippen LogP contribution in [-0.2, 0) is 0 Å². The van der Waals surface area contributed by atoms with Crippen LogP contribution in [0, 0.1) is 5.82 Å². The summed E-state index contributed by atoms with van der Waals surface area (Å²) in [5.41, 5.74) is 0.706. The molecule has 0 radical (unpaired) electrons. The molecule has 1 unspecified atom stereocenters. The number of carbonyl (C=O) groups is 1. The number of carboxylic acid groups (broad SMARTS) is 1. The van der Waals surface area contributed by atoms with Gasteiger partial charge in [-0.05, 0) is 25.1 Å². The predicted octanol–water partition coefficient (Wildman–Crippen LogP) is 2.68. The SMILES string of the molecule is CC1CN(c2ccc(Cl)c(F)c2)CCN1c1cnc(C(=O)O)cn1. The van der Waals surface area contributed by atoms with Gasteiger partial charge in [-0.25, -0.2) is 19.2 Å². The van der Waals surface area contributed by atoms with Crippen LogP contribution in [0.4, 0.5) is 15.9 Å². The average molecular weight is 351 g/mol. The molecule has 6 nitrogen and oxygen atoms in total. The fourth-order valence-electron chi connectivity index (χ4n) is 2.79. The predicted molar refractivity (Wildman–Crippen MR) is 89.4 cm³/mol. The largest absolute Gasteiger partial charge is 0.476 e. The molecular weight excluding hydrogens is 335 g/mol. The number of aromatic nitrogens is 2. The average Bonchev–Trinajstić information content (AvgIpc) is 2.57. The molecule has 0 saturated carbocycles. The van der Waals surface area contributed by atoms with Crippen molar-refractivity contribution in [1.82, 2.24) is 9.97 Å². The van der Waals surface area contributed by atoms with Crippen molar-refractivity contribution >= 4 is 29.1 Å². The van der Waals surface area contributed by atoms with Crippen LogP contribution >= 0.6 is 11.6 Å². The summed E-state index contributed by atoms with van der Waals surface area (Å²) in [6.07, 6.45) is 2.73. The molecule has 8 heteroatoms. The highest BCUT2D eigenvalue weighted by Gasteiger charge is 2.25. The number of hydrogen-bond acceptors (Lipinski definition) is 5. The Bertz CT molecular complexity index is 756. The molecule has 0 spiro atoms. The minimum absolute atomic E-state index is 0.0818. The molecule has 1 aliphatic heterocycles. The molecule has 126 valence electrons. The fraction of sp³-hybridized carbons (Fsp3) is 0.312. The van der Waals surface area contributed by atoms with Gasteiger partial charge in [0, 0.05) is 31.4 Å². The van der Waals surface area contributed by atoms with Crippen LogP contribution in [0.25, 0.3) is 0 Å². The van der Waals surface area contributed by atoms with Crippen molar-refractivity contribution in [2.75, 3.05) is 29.4 Å². The number of carboxylic acids is 1. The Balaban J connectivity index is 1.72. The topological polar surface area (TPSA) is 69.6 Å². The van der Waals surface area contributed by atoms with E-state index >= 15 is 0 Å². The van der Waals surface area contributed by atoms with Crippen LogP contribution in [0.15, 0.2) is 30.6 Å². The Hall–Kier alpha value is -2.41. The van der Waals surface area contributed by atoms with E-state index in [0.29, 0.717) is 25.5 Å². The zero-order chi connectivity index (χ0) is 17.3. The van der Waals surface area contributed by atoms with Crippen molar-refractivity contribution in [2.24, 2.45) is 0 Å². The van der Waals surface area contributed by atoms with Crippen molar-refractivity contribution in [1.29, 1.82) is 0 Å². The zero-order valence-electron chi connectivity index (χ0n) is 13.0. The van der Waals surface area contributed by atoms with Gasteiger partial charge in [0.2, 0.25) is 0 Å². The van der Waals surface area contributed by atoms with Gasteiger partial charge >= 0.3 is 5.97 Å². The summed E-state index contributed by atoms with van der Waals surface area (Å²) in [4.78, 5) is 23.1. The summed E-state index contributed by atoms with van der Waals surface area (Å²) in [6.45, 7) is 4.08. The number of halogens is 2. The van der Waals surface area contributed by atoms with Crippen molar-refractivity contribution in [2.45, 2.75) is 13.0 Å². The number of aromatic carboxylic acids is 1. The molecular formula is C16H16ClFN4O2. The van der Waals surface area contributed by atoms with Crippen LogP contribution in [0.3, 0.4) is 0 Å².